The Balaban J connectivity index is 2.56. The van der Waals surface area contributed by atoms with Crippen molar-refractivity contribution in [2.75, 3.05) is 0 Å². The molecular formula is C10H11NO3S2. The molecule has 86 valence electrons. The number of nitrogens with two attached hydrogens (primary N) is 1. The maximum absolute atomic E-state index is 12.1. The van der Waals surface area contributed by atoms with Crippen LogP contribution in [0, 0.1) is 0 Å². The molecule has 16 heavy (non-hydrogen) atoms. The number of sulfonamides is 1. The topological polar surface area (TPSA) is 77.2 Å². The second kappa shape index (κ2) is 4.12. The summed E-state index contributed by atoms with van der Waals surface area (Å²) in [6, 6.07) is 7.09. The number of rotatable bonds is 1. The van der Waals surface area contributed by atoms with Crippen molar-refractivity contribution in [1.29, 1.82) is 0 Å². The zero-order chi connectivity index (χ0) is 11.8. The number of benzene rings is 1. The fraction of sp³-hybridized carbons (Fsp3) is 0.200. The van der Waals surface area contributed by atoms with Crippen molar-refractivity contribution in [2.24, 2.45) is 5.14 Å². The smallest absolute Gasteiger partial charge is 0.227 e. The maximum atomic E-state index is 12.1. The third-order valence-corrected chi connectivity index (χ3v) is 5.90. The predicted molar refractivity (Wildman–Crippen MR) is 62.6 cm³/mol. The van der Waals surface area contributed by atoms with Crippen molar-refractivity contribution in [3.8, 4) is 0 Å². The van der Waals surface area contributed by atoms with E-state index in [0.29, 0.717) is 11.3 Å². The molecule has 0 fully saturated rings. The molecule has 0 aromatic heterocycles. The first-order valence-corrected chi connectivity index (χ1v) is 7.49. The van der Waals surface area contributed by atoms with Gasteiger partial charge in [0.1, 0.15) is 0 Å². The molecular weight excluding hydrogens is 246 g/mol. The molecule has 0 saturated heterocycles. The highest BCUT2D eigenvalue weighted by molar-refractivity contribution is 8.05. The molecule has 4 nitrogen and oxygen atoms in total. The maximum Gasteiger partial charge on any atom is 0.227 e. The Kier molecular flexibility index (Phi) is 2.96. The molecule has 1 aliphatic rings. The molecule has 2 atom stereocenters. The lowest BCUT2D eigenvalue weighted by Gasteiger charge is -2.10. The summed E-state index contributed by atoms with van der Waals surface area (Å²) in [6.45, 7) is 0. The lowest BCUT2D eigenvalue weighted by Crippen LogP contribution is -2.30. The Hall–Kier alpha value is -0.980. The lowest BCUT2D eigenvalue weighted by molar-refractivity contribution is 0.597. The van der Waals surface area contributed by atoms with Gasteiger partial charge in [0.25, 0.3) is 0 Å². The molecule has 0 bridgehead atoms. The van der Waals surface area contributed by atoms with Gasteiger partial charge in [0, 0.05) is 4.90 Å². The van der Waals surface area contributed by atoms with Gasteiger partial charge in [0.2, 0.25) is 10.0 Å². The summed E-state index contributed by atoms with van der Waals surface area (Å²) in [5, 5.41) is 5.06. The highest BCUT2D eigenvalue weighted by atomic mass is 32.3. The Morgan fingerprint density at radius 3 is 2.69 bits per heavy atom. The molecule has 2 unspecified atom stereocenters. The summed E-state index contributed by atoms with van der Waals surface area (Å²) in [5.74, 6) is 0. The molecule has 0 radical (unpaired) electrons. The Labute approximate surface area is 96.7 Å². The minimum absolute atomic E-state index is 0.548. The van der Waals surface area contributed by atoms with Crippen LogP contribution >= 0.6 is 0 Å². The van der Waals surface area contributed by atoms with Gasteiger partial charge in [-0.2, -0.15) is 0 Å². The summed E-state index contributed by atoms with van der Waals surface area (Å²) in [4.78, 5) is 0.548. The van der Waals surface area contributed by atoms with E-state index in [-0.39, 0.29) is 0 Å². The van der Waals surface area contributed by atoms with Gasteiger partial charge in [-0.1, -0.05) is 30.4 Å². The van der Waals surface area contributed by atoms with Gasteiger partial charge in [-0.3, -0.25) is 4.21 Å². The Bertz CT molecular complexity index is 563. The predicted octanol–water partition coefficient (Wildman–Crippen LogP) is 0.521. The van der Waals surface area contributed by atoms with Crippen LogP contribution in [0.15, 0.2) is 41.3 Å². The van der Waals surface area contributed by atoms with E-state index in [9.17, 15) is 12.6 Å². The van der Waals surface area contributed by atoms with E-state index in [2.05, 4.69) is 0 Å². The first-order chi connectivity index (χ1) is 7.50. The van der Waals surface area contributed by atoms with Gasteiger partial charge in [0.15, 0.2) is 4.58 Å². The third-order valence-electron chi connectivity index (χ3n) is 2.36. The Morgan fingerprint density at radius 2 is 2.00 bits per heavy atom. The average molecular weight is 257 g/mol. The zero-order valence-electron chi connectivity index (χ0n) is 8.37. The van der Waals surface area contributed by atoms with Crippen LogP contribution in [0.1, 0.15) is 5.56 Å². The lowest BCUT2D eigenvalue weighted by atomic mass is 10.1. The second-order valence-corrected chi connectivity index (χ2v) is 7.02. The third kappa shape index (κ3) is 2.09. The molecule has 0 spiro atoms. The van der Waals surface area contributed by atoms with Crippen LogP contribution < -0.4 is 5.14 Å². The van der Waals surface area contributed by atoms with E-state index in [1.807, 2.05) is 12.1 Å². The van der Waals surface area contributed by atoms with Crippen LogP contribution in [0.25, 0.3) is 0 Å². The van der Waals surface area contributed by atoms with Crippen LogP contribution in [-0.4, -0.2) is 17.2 Å². The summed E-state index contributed by atoms with van der Waals surface area (Å²) >= 11 is 0. The van der Waals surface area contributed by atoms with Crippen molar-refractivity contribution in [3.05, 3.63) is 42.0 Å². The van der Waals surface area contributed by atoms with Crippen molar-refractivity contribution in [1.82, 2.24) is 0 Å². The molecule has 6 heteroatoms. The first kappa shape index (κ1) is 11.5. The molecule has 0 aliphatic carbocycles. The van der Waals surface area contributed by atoms with Crippen molar-refractivity contribution >= 4 is 20.8 Å². The van der Waals surface area contributed by atoms with E-state index in [0.717, 1.165) is 5.56 Å². The number of fused-ring (bicyclic) bond motifs is 1. The van der Waals surface area contributed by atoms with Gasteiger partial charge >= 0.3 is 0 Å². The highest BCUT2D eigenvalue weighted by Crippen LogP contribution is 2.23. The van der Waals surface area contributed by atoms with Crippen molar-refractivity contribution in [3.63, 3.8) is 0 Å². The molecule has 0 saturated carbocycles. The fourth-order valence-corrected chi connectivity index (χ4v) is 4.34. The molecule has 2 N–H and O–H groups in total. The minimum Gasteiger partial charge on any atom is -0.253 e. The second-order valence-electron chi connectivity index (χ2n) is 3.49. The molecule has 1 heterocycles. The standard InChI is InChI=1S/C10H11NO3S2/c11-16(13,14)10-7-3-5-8-4-1-2-6-9(8)15(10)12/h1-4,6-7,10H,5H2,(H2,11,13,14). The fourth-order valence-electron chi connectivity index (χ4n) is 1.60. The normalized spacial score (nSPS) is 24.8. The number of primary sulfonamides is 1. The first-order valence-electron chi connectivity index (χ1n) is 4.67. The summed E-state index contributed by atoms with van der Waals surface area (Å²) in [7, 11) is -5.47. The summed E-state index contributed by atoms with van der Waals surface area (Å²) < 4.78 is 33.5. The van der Waals surface area contributed by atoms with E-state index in [4.69, 9.17) is 5.14 Å². The van der Waals surface area contributed by atoms with E-state index in [1.54, 1.807) is 18.2 Å². The summed E-state index contributed by atoms with van der Waals surface area (Å²) in [6.07, 6.45) is 3.68. The van der Waals surface area contributed by atoms with E-state index in [1.165, 1.54) is 6.08 Å². The van der Waals surface area contributed by atoms with Gasteiger partial charge in [-0.25, -0.2) is 13.6 Å². The van der Waals surface area contributed by atoms with Gasteiger partial charge < -0.3 is 0 Å². The molecule has 0 amide bonds. The number of hydrogen-bond donors (Lipinski definition) is 1. The minimum atomic E-state index is -3.83. The van der Waals surface area contributed by atoms with Crippen LogP contribution in [0.3, 0.4) is 0 Å². The summed E-state index contributed by atoms with van der Waals surface area (Å²) in [5.41, 5.74) is 0.878. The van der Waals surface area contributed by atoms with E-state index < -0.39 is 25.4 Å². The van der Waals surface area contributed by atoms with Crippen LogP contribution in [0.5, 0.6) is 0 Å². The average Bonchev–Trinajstić information content (AvgIpc) is 2.38. The zero-order valence-corrected chi connectivity index (χ0v) is 10.0. The van der Waals surface area contributed by atoms with E-state index >= 15 is 0 Å². The van der Waals surface area contributed by atoms with Crippen LogP contribution in [-0.2, 0) is 27.2 Å². The Morgan fingerprint density at radius 1 is 1.31 bits per heavy atom. The monoisotopic (exact) mass is 257 g/mol. The largest absolute Gasteiger partial charge is 0.253 e. The molecule has 1 aromatic rings. The quantitative estimate of drug-likeness (QED) is 0.745. The van der Waals surface area contributed by atoms with Crippen LogP contribution in [0.4, 0.5) is 0 Å². The SMILES string of the molecule is NS(=O)(=O)C1C=CCc2ccccc2S1=O. The van der Waals surface area contributed by atoms with Crippen LogP contribution in [0.2, 0.25) is 0 Å². The number of allylic oxidation sites excluding steroid dienone is 1. The molecule has 1 aliphatic heterocycles. The van der Waals surface area contributed by atoms with Gasteiger partial charge in [-0.15, -0.1) is 0 Å². The number of hydrogen-bond acceptors (Lipinski definition) is 3. The molecule has 1 aromatic carbocycles. The molecule has 2 rings (SSSR count). The van der Waals surface area contributed by atoms with Crippen molar-refractivity contribution < 1.29 is 12.6 Å². The van der Waals surface area contributed by atoms with Gasteiger partial charge in [0.05, 0.1) is 10.8 Å². The van der Waals surface area contributed by atoms with Gasteiger partial charge in [-0.05, 0) is 18.1 Å². The van der Waals surface area contributed by atoms with Crippen molar-refractivity contribution in [2.45, 2.75) is 15.9 Å². The highest BCUT2D eigenvalue weighted by Gasteiger charge is 2.29.